The zero-order chi connectivity index (χ0) is 26.2. The van der Waals surface area contributed by atoms with Crippen LogP contribution in [-0.2, 0) is 20.3 Å². The first kappa shape index (κ1) is 24.0. The van der Waals surface area contributed by atoms with E-state index in [1.165, 1.54) is 0 Å². The molecule has 0 radical (unpaired) electrons. The van der Waals surface area contributed by atoms with Gasteiger partial charge in [-0.2, -0.15) is 0 Å². The summed E-state index contributed by atoms with van der Waals surface area (Å²) in [5, 5.41) is 0. The molecule has 1 N–H and O–H groups in total. The van der Waals surface area contributed by atoms with Crippen LogP contribution in [0.4, 0.5) is 10.2 Å². The zero-order valence-electron chi connectivity index (χ0n) is 21.3. The van der Waals surface area contributed by atoms with Crippen LogP contribution in [0, 0.1) is 0 Å². The number of halogens is 1. The Hall–Kier alpha value is -4.38. The van der Waals surface area contributed by atoms with E-state index in [2.05, 4.69) is 36.8 Å². The summed E-state index contributed by atoms with van der Waals surface area (Å²) in [6, 6.07) is 11.6. The highest BCUT2D eigenvalue weighted by Crippen LogP contribution is 2.28. The molecule has 0 aliphatic carbocycles. The summed E-state index contributed by atoms with van der Waals surface area (Å²) in [6.45, 7) is 3.41. The van der Waals surface area contributed by atoms with Gasteiger partial charge >= 0.3 is 5.69 Å². The van der Waals surface area contributed by atoms with Crippen molar-refractivity contribution in [2.24, 2.45) is 7.05 Å². The second kappa shape index (κ2) is 9.82. The molecule has 194 valence electrons. The molecule has 0 atom stereocenters. The van der Waals surface area contributed by atoms with E-state index >= 15 is 0 Å². The molecule has 1 fully saturated rings. The van der Waals surface area contributed by atoms with Crippen molar-refractivity contribution >= 4 is 17.0 Å². The SMILES string of the molecule is CN1CCN(c2ncccc2-c2ncc3[nH]c(=O)n(Cc4ccc(-c5nc(CF)cn5C)cc4)c3n2)CC1. The van der Waals surface area contributed by atoms with Crippen molar-refractivity contribution in [1.29, 1.82) is 0 Å². The number of alkyl halides is 1. The molecule has 0 amide bonds. The second-order valence-electron chi connectivity index (χ2n) is 9.61. The fourth-order valence-corrected chi connectivity index (χ4v) is 4.87. The number of hydrogen-bond donors (Lipinski definition) is 1. The van der Waals surface area contributed by atoms with Gasteiger partial charge in [-0.15, -0.1) is 0 Å². The number of aromatic amines is 1. The number of nitrogens with one attached hydrogen (secondary N) is 1. The number of imidazole rings is 2. The number of aryl methyl sites for hydroxylation is 1. The number of anilines is 1. The molecular weight excluding hydrogens is 485 g/mol. The van der Waals surface area contributed by atoms with Crippen LogP contribution in [0.5, 0.6) is 0 Å². The Bertz CT molecular complexity index is 1650. The quantitative estimate of drug-likeness (QED) is 0.373. The van der Waals surface area contributed by atoms with Crippen molar-refractivity contribution < 1.29 is 4.39 Å². The minimum atomic E-state index is -0.602. The van der Waals surface area contributed by atoms with Crippen molar-refractivity contribution in [2.75, 3.05) is 38.1 Å². The normalized spacial score (nSPS) is 14.4. The first-order valence-corrected chi connectivity index (χ1v) is 12.5. The van der Waals surface area contributed by atoms with Gasteiger partial charge < -0.3 is 19.4 Å². The Morgan fingerprint density at radius 3 is 2.53 bits per heavy atom. The molecule has 1 aliphatic heterocycles. The highest BCUT2D eigenvalue weighted by Gasteiger charge is 2.21. The molecule has 1 aliphatic rings. The molecule has 6 rings (SSSR count). The second-order valence-corrected chi connectivity index (χ2v) is 9.61. The molecule has 0 saturated carbocycles. The highest BCUT2D eigenvalue weighted by molar-refractivity contribution is 5.77. The zero-order valence-corrected chi connectivity index (χ0v) is 21.3. The van der Waals surface area contributed by atoms with Gasteiger partial charge in [0, 0.05) is 51.2 Å². The third-order valence-corrected chi connectivity index (χ3v) is 6.96. The number of nitrogens with zero attached hydrogens (tertiary/aromatic N) is 8. The average Bonchev–Trinajstić information content (AvgIpc) is 3.48. The lowest BCUT2D eigenvalue weighted by Crippen LogP contribution is -2.45. The fourth-order valence-electron chi connectivity index (χ4n) is 4.87. The predicted octanol–water partition coefficient (Wildman–Crippen LogP) is 2.85. The molecule has 1 saturated heterocycles. The van der Waals surface area contributed by atoms with Gasteiger partial charge in [-0.25, -0.2) is 29.1 Å². The first-order chi connectivity index (χ1) is 18.5. The van der Waals surface area contributed by atoms with E-state index in [0.717, 1.165) is 48.7 Å². The van der Waals surface area contributed by atoms with Crippen molar-refractivity contribution in [2.45, 2.75) is 13.2 Å². The largest absolute Gasteiger partial charge is 0.353 e. The molecule has 5 heterocycles. The smallest absolute Gasteiger partial charge is 0.328 e. The van der Waals surface area contributed by atoms with Crippen LogP contribution in [0.2, 0.25) is 0 Å². The third kappa shape index (κ3) is 4.45. The number of aromatic nitrogens is 7. The van der Waals surface area contributed by atoms with Crippen molar-refractivity contribution in [3.63, 3.8) is 0 Å². The Balaban J connectivity index is 1.32. The van der Waals surface area contributed by atoms with Crippen LogP contribution in [-0.4, -0.2) is 72.2 Å². The Labute approximate surface area is 218 Å². The maximum atomic E-state index is 13.0. The van der Waals surface area contributed by atoms with Crippen molar-refractivity contribution in [1.82, 2.24) is 39.0 Å². The molecule has 5 aromatic rings. The lowest BCUT2D eigenvalue weighted by molar-refractivity contribution is 0.312. The lowest BCUT2D eigenvalue weighted by Gasteiger charge is -2.34. The van der Waals surface area contributed by atoms with E-state index in [9.17, 15) is 9.18 Å². The molecular formula is C27H28FN9O. The van der Waals surface area contributed by atoms with Crippen LogP contribution in [0.3, 0.4) is 0 Å². The van der Waals surface area contributed by atoms with Gasteiger partial charge in [0.15, 0.2) is 11.5 Å². The Kier molecular flexibility index (Phi) is 6.20. The molecule has 1 aromatic carbocycles. The first-order valence-electron chi connectivity index (χ1n) is 12.5. The maximum absolute atomic E-state index is 13.0. The van der Waals surface area contributed by atoms with Gasteiger partial charge in [-0.05, 0) is 24.7 Å². The van der Waals surface area contributed by atoms with Crippen molar-refractivity contribution in [3.8, 4) is 22.8 Å². The minimum absolute atomic E-state index is 0.252. The summed E-state index contributed by atoms with van der Waals surface area (Å²) in [5.74, 6) is 2.07. The van der Waals surface area contributed by atoms with Crippen molar-refractivity contribution in [3.05, 3.63) is 76.7 Å². The Morgan fingerprint density at radius 1 is 1.00 bits per heavy atom. The van der Waals surface area contributed by atoms with Gasteiger partial charge in [0.05, 0.1) is 24.0 Å². The van der Waals surface area contributed by atoms with Crippen LogP contribution >= 0.6 is 0 Å². The molecule has 4 aromatic heterocycles. The van der Waals surface area contributed by atoms with Crippen LogP contribution in [0.1, 0.15) is 11.3 Å². The standard InChI is InChI=1S/C27H28FN9O/c1-34-10-12-36(13-11-34)25-21(4-3-9-29-25)23-30-15-22-26(33-23)37(27(38)32-22)16-18-5-7-19(8-6-18)24-31-20(14-28)17-35(24)2/h3-9,15,17H,10-14,16H2,1-2H3,(H,32,38). The minimum Gasteiger partial charge on any atom is -0.353 e. The molecule has 0 spiro atoms. The topological polar surface area (TPSA) is 101 Å². The maximum Gasteiger partial charge on any atom is 0.328 e. The van der Waals surface area contributed by atoms with E-state index in [1.807, 2.05) is 43.4 Å². The van der Waals surface area contributed by atoms with E-state index < -0.39 is 6.67 Å². The van der Waals surface area contributed by atoms with Crippen LogP contribution in [0.25, 0.3) is 33.9 Å². The number of hydrogen-bond acceptors (Lipinski definition) is 7. The molecule has 0 unspecified atom stereocenters. The lowest BCUT2D eigenvalue weighted by atomic mass is 10.1. The van der Waals surface area contributed by atoms with Gasteiger partial charge in [0.25, 0.3) is 0 Å². The van der Waals surface area contributed by atoms with Gasteiger partial charge in [-0.1, -0.05) is 24.3 Å². The van der Waals surface area contributed by atoms with Crippen LogP contribution in [0.15, 0.2) is 59.8 Å². The number of fused-ring (bicyclic) bond motifs is 1. The van der Waals surface area contributed by atoms with Crippen LogP contribution < -0.4 is 10.6 Å². The van der Waals surface area contributed by atoms with Gasteiger partial charge in [0.2, 0.25) is 0 Å². The number of H-pyrrole nitrogens is 1. The van der Waals surface area contributed by atoms with E-state index in [4.69, 9.17) is 4.98 Å². The summed E-state index contributed by atoms with van der Waals surface area (Å²) in [5.41, 5.74) is 3.90. The number of benzene rings is 1. The number of pyridine rings is 1. The summed E-state index contributed by atoms with van der Waals surface area (Å²) in [4.78, 5) is 38.7. The summed E-state index contributed by atoms with van der Waals surface area (Å²) >= 11 is 0. The molecule has 11 heteroatoms. The monoisotopic (exact) mass is 513 g/mol. The Morgan fingerprint density at radius 2 is 1.79 bits per heavy atom. The van der Waals surface area contributed by atoms with Gasteiger partial charge in [-0.3, -0.25) is 4.57 Å². The number of likely N-dealkylation sites (N-methyl/N-ethyl adjacent to an activating group) is 1. The summed E-state index contributed by atoms with van der Waals surface area (Å²) < 4.78 is 16.4. The average molecular weight is 514 g/mol. The predicted molar refractivity (Wildman–Crippen MR) is 144 cm³/mol. The fraction of sp³-hybridized carbons (Fsp3) is 0.296. The highest BCUT2D eigenvalue weighted by atomic mass is 19.1. The third-order valence-electron chi connectivity index (χ3n) is 6.96. The van der Waals surface area contributed by atoms with E-state index in [0.29, 0.717) is 35.1 Å². The van der Waals surface area contributed by atoms with E-state index in [-0.39, 0.29) is 5.69 Å². The molecule has 38 heavy (non-hydrogen) atoms. The number of piperazine rings is 1. The molecule has 10 nitrogen and oxygen atoms in total. The van der Waals surface area contributed by atoms with Gasteiger partial charge in [0.1, 0.15) is 23.8 Å². The molecule has 0 bridgehead atoms. The van der Waals surface area contributed by atoms with E-state index in [1.54, 1.807) is 27.7 Å². The number of rotatable bonds is 6. The summed E-state index contributed by atoms with van der Waals surface area (Å²) in [6.07, 6.45) is 5.13. The summed E-state index contributed by atoms with van der Waals surface area (Å²) in [7, 11) is 3.96.